The van der Waals surface area contributed by atoms with E-state index in [2.05, 4.69) is 15.6 Å². The molecule has 1 fully saturated rings. The van der Waals surface area contributed by atoms with Gasteiger partial charge >= 0.3 is 11.8 Å². The van der Waals surface area contributed by atoms with Gasteiger partial charge in [-0.2, -0.15) is 0 Å². The fourth-order valence-electron chi connectivity index (χ4n) is 2.71. The number of ether oxygens (including phenoxy) is 1. The summed E-state index contributed by atoms with van der Waals surface area (Å²) in [4.78, 5) is 26.4. The molecule has 24 heavy (non-hydrogen) atoms. The third-order valence-electron chi connectivity index (χ3n) is 3.77. The first kappa shape index (κ1) is 18.0. The van der Waals surface area contributed by atoms with E-state index in [0.29, 0.717) is 5.82 Å². The van der Waals surface area contributed by atoms with E-state index in [1.165, 1.54) is 12.3 Å². The molecule has 1 aromatic heterocycles. The molecule has 0 saturated heterocycles. The Kier molecular flexibility index (Phi) is 5.58. The van der Waals surface area contributed by atoms with Gasteiger partial charge in [-0.15, -0.1) is 0 Å². The van der Waals surface area contributed by atoms with Gasteiger partial charge in [0.25, 0.3) is 0 Å². The Hall–Kier alpha value is -2.38. The first-order valence-corrected chi connectivity index (χ1v) is 8.10. The molecule has 1 aliphatic rings. The van der Waals surface area contributed by atoms with Gasteiger partial charge in [0.1, 0.15) is 5.60 Å². The highest BCUT2D eigenvalue weighted by Crippen LogP contribution is 2.26. The van der Waals surface area contributed by atoms with Crippen LogP contribution < -0.4 is 10.6 Å². The van der Waals surface area contributed by atoms with Gasteiger partial charge in [-0.05, 0) is 52.5 Å². The Morgan fingerprint density at radius 2 is 1.92 bits per heavy atom. The maximum atomic E-state index is 11.8. The number of aromatic nitrogens is 1. The number of nitro groups is 1. The zero-order valence-corrected chi connectivity index (χ0v) is 14.2. The molecule has 0 unspecified atom stereocenters. The summed E-state index contributed by atoms with van der Waals surface area (Å²) in [6, 6.07) is 3.16. The summed E-state index contributed by atoms with van der Waals surface area (Å²) >= 11 is 0. The number of alkyl carbamates (subject to hydrolysis) is 1. The molecule has 2 rings (SSSR count). The second-order valence-electron chi connectivity index (χ2n) is 6.97. The summed E-state index contributed by atoms with van der Waals surface area (Å²) in [6.07, 6.45) is 4.31. The van der Waals surface area contributed by atoms with Crippen LogP contribution in [0.3, 0.4) is 0 Å². The molecule has 0 radical (unpaired) electrons. The fourth-order valence-corrected chi connectivity index (χ4v) is 2.71. The summed E-state index contributed by atoms with van der Waals surface area (Å²) in [7, 11) is 0. The summed E-state index contributed by atoms with van der Waals surface area (Å²) in [5.41, 5.74) is -0.535. The molecule has 0 aromatic carbocycles. The average Bonchev–Trinajstić information content (AvgIpc) is 2.47. The maximum absolute atomic E-state index is 11.8. The van der Waals surface area contributed by atoms with E-state index in [9.17, 15) is 14.9 Å². The van der Waals surface area contributed by atoms with Gasteiger partial charge in [-0.1, -0.05) is 0 Å². The SMILES string of the molecule is CC(C)(C)OC(=O)NC1CCC(Nc2ncccc2[N+](=O)[O-])CC1. The number of carbonyl (C=O) groups is 1. The lowest BCUT2D eigenvalue weighted by Crippen LogP contribution is -2.42. The van der Waals surface area contributed by atoms with Gasteiger partial charge in [-0.3, -0.25) is 10.1 Å². The van der Waals surface area contributed by atoms with E-state index in [0.717, 1.165) is 25.7 Å². The quantitative estimate of drug-likeness (QED) is 0.646. The van der Waals surface area contributed by atoms with Crippen molar-refractivity contribution in [1.29, 1.82) is 0 Å². The van der Waals surface area contributed by atoms with Gasteiger partial charge < -0.3 is 15.4 Å². The minimum Gasteiger partial charge on any atom is -0.444 e. The minimum atomic E-state index is -0.513. The van der Waals surface area contributed by atoms with Crippen LogP contribution in [0.2, 0.25) is 0 Å². The monoisotopic (exact) mass is 336 g/mol. The molecular weight excluding hydrogens is 312 g/mol. The van der Waals surface area contributed by atoms with E-state index in [1.54, 1.807) is 6.07 Å². The first-order chi connectivity index (χ1) is 11.2. The molecule has 1 aromatic rings. The van der Waals surface area contributed by atoms with Crippen molar-refractivity contribution in [2.24, 2.45) is 0 Å². The van der Waals surface area contributed by atoms with Gasteiger partial charge in [0.15, 0.2) is 0 Å². The van der Waals surface area contributed by atoms with E-state index >= 15 is 0 Å². The number of nitrogens with one attached hydrogen (secondary N) is 2. The van der Waals surface area contributed by atoms with Crippen LogP contribution in [0.5, 0.6) is 0 Å². The largest absolute Gasteiger partial charge is 0.444 e. The van der Waals surface area contributed by atoms with Crippen molar-refractivity contribution in [2.45, 2.75) is 64.1 Å². The molecule has 8 nitrogen and oxygen atoms in total. The minimum absolute atomic E-state index is 0.0218. The predicted molar refractivity (Wildman–Crippen MR) is 89.9 cm³/mol. The number of amides is 1. The molecule has 0 bridgehead atoms. The zero-order valence-electron chi connectivity index (χ0n) is 14.2. The second-order valence-corrected chi connectivity index (χ2v) is 6.97. The summed E-state index contributed by atoms with van der Waals surface area (Å²) in [5.74, 6) is 0.297. The highest BCUT2D eigenvalue weighted by molar-refractivity contribution is 5.68. The molecular formula is C16H24N4O4. The Labute approximate surface area is 141 Å². The van der Waals surface area contributed by atoms with Gasteiger partial charge in [0.2, 0.25) is 5.82 Å². The van der Waals surface area contributed by atoms with Crippen molar-refractivity contribution in [2.75, 3.05) is 5.32 Å². The molecule has 1 saturated carbocycles. The highest BCUT2D eigenvalue weighted by atomic mass is 16.6. The Balaban J connectivity index is 1.83. The van der Waals surface area contributed by atoms with E-state index in [1.807, 2.05) is 20.8 Å². The van der Waals surface area contributed by atoms with Crippen molar-refractivity contribution in [3.63, 3.8) is 0 Å². The predicted octanol–water partition coefficient (Wildman–Crippen LogP) is 3.24. The topological polar surface area (TPSA) is 106 Å². The van der Waals surface area contributed by atoms with Crippen LogP contribution in [0.15, 0.2) is 18.3 Å². The molecule has 132 valence electrons. The number of hydrogen-bond acceptors (Lipinski definition) is 6. The van der Waals surface area contributed by atoms with Crippen LogP contribution >= 0.6 is 0 Å². The van der Waals surface area contributed by atoms with Crippen molar-refractivity contribution in [3.8, 4) is 0 Å². The number of rotatable bonds is 4. The molecule has 1 heterocycles. The third-order valence-corrected chi connectivity index (χ3v) is 3.77. The van der Waals surface area contributed by atoms with Gasteiger partial charge in [-0.25, -0.2) is 9.78 Å². The number of nitrogens with zero attached hydrogens (tertiary/aromatic N) is 2. The van der Waals surface area contributed by atoms with Crippen LogP contribution in [0.1, 0.15) is 46.5 Å². The van der Waals surface area contributed by atoms with Crippen LogP contribution in [0, 0.1) is 10.1 Å². The smallest absolute Gasteiger partial charge is 0.407 e. The Morgan fingerprint density at radius 3 is 2.50 bits per heavy atom. The molecule has 1 amide bonds. The lowest BCUT2D eigenvalue weighted by atomic mass is 9.91. The van der Waals surface area contributed by atoms with Crippen molar-refractivity contribution in [1.82, 2.24) is 10.3 Å². The highest BCUT2D eigenvalue weighted by Gasteiger charge is 2.26. The summed E-state index contributed by atoms with van der Waals surface area (Å²) in [6.45, 7) is 5.48. The number of carbonyl (C=O) groups excluding carboxylic acids is 1. The fraction of sp³-hybridized carbons (Fsp3) is 0.625. The Morgan fingerprint density at radius 1 is 1.29 bits per heavy atom. The van der Waals surface area contributed by atoms with Crippen molar-refractivity contribution in [3.05, 3.63) is 28.4 Å². The standard InChI is InChI=1S/C16H24N4O4/c1-16(2,3)24-15(21)19-12-8-6-11(7-9-12)18-14-13(20(22)23)5-4-10-17-14/h4-5,10-12H,6-9H2,1-3H3,(H,17,18)(H,19,21). The van der Waals surface area contributed by atoms with Crippen LogP contribution in [-0.4, -0.2) is 33.7 Å². The zero-order chi connectivity index (χ0) is 17.7. The van der Waals surface area contributed by atoms with E-state index in [4.69, 9.17) is 4.74 Å². The molecule has 0 aliphatic heterocycles. The summed E-state index contributed by atoms with van der Waals surface area (Å²) in [5, 5.41) is 17.0. The third kappa shape index (κ3) is 5.36. The van der Waals surface area contributed by atoms with Crippen LogP contribution in [0.25, 0.3) is 0 Å². The van der Waals surface area contributed by atoms with Crippen molar-refractivity contribution >= 4 is 17.6 Å². The molecule has 0 spiro atoms. The van der Waals surface area contributed by atoms with E-state index < -0.39 is 16.6 Å². The Bertz CT molecular complexity index is 592. The lowest BCUT2D eigenvalue weighted by Gasteiger charge is -2.30. The lowest BCUT2D eigenvalue weighted by molar-refractivity contribution is -0.384. The van der Waals surface area contributed by atoms with Gasteiger partial charge in [0.05, 0.1) is 4.92 Å². The number of anilines is 1. The normalized spacial score (nSPS) is 21.0. The molecule has 0 atom stereocenters. The number of pyridine rings is 1. The average molecular weight is 336 g/mol. The van der Waals surface area contributed by atoms with Crippen LogP contribution in [0.4, 0.5) is 16.3 Å². The second kappa shape index (κ2) is 7.46. The molecule has 2 N–H and O–H groups in total. The van der Waals surface area contributed by atoms with Crippen molar-refractivity contribution < 1.29 is 14.5 Å². The van der Waals surface area contributed by atoms with Gasteiger partial charge in [0, 0.05) is 24.3 Å². The molecule has 1 aliphatic carbocycles. The first-order valence-electron chi connectivity index (χ1n) is 8.10. The number of hydrogen-bond donors (Lipinski definition) is 2. The molecule has 8 heteroatoms. The van der Waals surface area contributed by atoms with Crippen LogP contribution in [-0.2, 0) is 4.74 Å². The van der Waals surface area contributed by atoms with E-state index in [-0.39, 0.29) is 17.8 Å². The summed E-state index contributed by atoms with van der Waals surface area (Å²) < 4.78 is 5.25. The maximum Gasteiger partial charge on any atom is 0.407 e.